The van der Waals surface area contributed by atoms with E-state index in [9.17, 15) is 19.2 Å². The zero-order valence-electron chi connectivity index (χ0n) is 21.3. The number of Topliss-reactive ketones (excluding diaryl/α,β-unsaturated/α-hetero) is 3. The highest BCUT2D eigenvalue weighted by Gasteiger charge is 2.16. The number of carbonyl (C=O) groups is 4. The van der Waals surface area contributed by atoms with Gasteiger partial charge in [-0.15, -0.1) is 0 Å². The molecule has 0 aromatic heterocycles. The lowest BCUT2D eigenvalue weighted by atomic mass is 10.0. The van der Waals surface area contributed by atoms with Gasteiger partial charge >= 0.3 is 0 Å². The van der Waals surface area contributed by atoms with E-state index in [0.717, 1.165) is 17.6 Å². The minimum atomic E-state index is -0.512. The Morgan fingerprint density at radius 1 is 0.784 bits per heavy atom. The minimum Gasteiger partial charge on any atom is -0.458 e. The number of amides is 1. The van der Waals surface area contributed by atoms with Crippen LogP contribution < -0.4 is 15.2 Å². The Kier molecular flexibility index (Phi) is 9.33. The van der Waals surface area contributed by atoms with Gasteiger partial charge in [0.2, 0.25) is 5.91 Å². The molecule has 2 N–H and O–H groups in total. The maximum Gasteiger partial charge on any atom is 0.217 e. The van der Waals surface area contributed by atoms with Gasteiger partial charge in [-0.2, -0.15) is 0 Å². The van der Waals surface area contributed by atoms with E-state index in [2.05, 4.69) is 6.08 Å². The molecule has 2 aromatic rings. The number of benzene rings is 2. The maximum absolute atomic E-state index is 12.2. The molecule has 192 valence electrons. The van der Waals surface area contributed by atoms with Crippen LogP contribution in [0.4, 0.5) is 0 Å². The zero-order valence-corrected chi connectivity index (χ0v) is 21.3. The number of hydrogen-bond donors (Lipinski definition) is 1. The molecule has 7 heteroatoms. The van der Waals surface area contributed by atoms with Gasteiger partial charge in [0.1, 0.15) is 23.0 Å². The second-order valence-corrected chi connectivity index (χ2v) is 8.98. The normalized spacial score (nSPS) is 16.4. The van der Waals surface area contributed by atoms with Crippen LogP contribution in [0.5, 0.6) is 11.5 Å². The highest BCUT2D eigenvalue weighted by Crippen LogP contribution is 2.28. The molecule has 1 amide bonds. The number of rotatable bonds is 11. The van der Waals surface area contributed by atoms with Crippen molar-refractivity contribution in [2.24, 2.45) is 5.73 Å². The quantitative estimate of drug-likeness (QED) is 0.314. The summed E-state index contributed by atoms with van der Waals surface area (Å²) in [5, 5.41) is 0. The molecule has 0 spiro atoms. The highest BCUT2D eigenvalue weighted by atomic mass is 16.5. The molecule has 0 heterocycles. The van der Waals surface area contributed by atoms with Gasteiger partial charge in [0.05, 0.1) is 6.42 Å². The van der Waals surface area contributed by atoms with Crippen molar-refractivity contribution in [3.8, 4) is 11.5 Å². The molecular formula is C30H31NO6. The molecule has 0 radical (unpaired) electrons. The lowest BCUT2D eigenvalue weighted by Gasteiger charge is -2.18. The molecule has 0 unspecified atom stereocenters. The molecule has 0 fully saturated rings. The molecule has 37 heavy (non-hydrogen) atoms. The van der Waals surface area contributed by atoms with Gasteiger partial charge in [-0.1, -0.05) is 11.6 Å². The molecule has 1 aliphatic carbocycles. The van der Waals surface area contributed by atoms with Crippen molar-refractivity contribution in [1.82, 2.24) is 0 Å². The molecule has 0 bridgehead atoms. The second-order valence-electron chi connectivity index (χ2n) is 8.98. The van der Waals surface area contributed by atoms with Gasteiger partial charge < -0.3 is 15.2 Å². The monoisotopic (exact) mass is 501 g/mol. The smallest absolute Gasteiger partial charge is 0.217 e. The fraction of sp³-hybridized carbons (Fsp3) is 0.267. The molecule has 7 nitrogen and oxygen atoms in total. The summed E-state index contributed by atoms with van der Waals surface area (Å²) >= 11 is 0. The summed E-state index contributed by atoms with van der Waals surface area (Å²) in [7, 11) is 0. The van der Waals surface area contributed by atoms with E-state index in [1.807, 2.05) is 19.9 Å². The first kappa shape index (κ1) is 27.3. The summed E-state index contributed by atoms with van der Waals surface area (Å²) in [6.45, 7) is 5.42. The summed E-state index contributed by atoms with van der Waals surface area (Å²) in [6, 6.07) is 13.4. The number of hydrogen-bond acceptors (Lipinski definition) is 6. The van der Waals surface area contributed by atoms with Crippen LogP contribution in [-0.2, 0) is 9.59 Å². The van der Waals surface area contributed by atoms with Gasteiger partial charge in [0, 0.05) is 30.4 Å². The molecule has 3 rings (SSSR count). The Morgan fingerprint density at radius 2 is 1.35 bits per heavy atom. The Balaban J connectivity index is 1.84. The van der Waals surface area contributed by atoms with E-state index in [0.29, 0.717) is 40.6 Å². The average Bonchev–Trinajstić information content (AvgIpc) is 2.85. The molecule has 0 atom stereocenters. The van der Waals surface area contributed by atoms with E-state index in [4.69, 9.17) is 15.2 Å². The number of primary amides is 1. The van der Waals surface area contributed by atoms with Crippen molar-refractivity contribution in [2.45, 2.75) is 52.9 Å². The average molecular weight is 502 g/mol. The Hall–Kier alpha value is -4.26. The molecular weight excluding hydrogens is 470 g/mol. The van der Waals surface area contributed by atoms with E-state index < -0.39 is 5.91 Å². The largest absolute Gasteiger partial charge is 0.458 e. The lowest BCUT2D eigenvalue weighted by molar-refractivity contribution is -0.118. The van der Waals surface area contributed by atoms with Crippen LogP contribution >= 0.6 is 0 Å². The van der Waals surface area contributed by atoms with Gasteiger partial charge in [0.15, 0.2) is 17.3 Å². The summed E-state index contributed by atoms with van der Waals surface area (Å²) < 4.78 is 12.4. The van der Waals surface area contributed by atoms with E-state index >= 15 is 0 Å². The first-order valence-corrected chi connectivity index (χ1v) is 12.1. The standard InChI is InChI=1S/C30H31NO6/c1-19-5-4-6-28(36-24-11-7-22(8-12-24)26(33)15-16-30(31)35)29(17-20(19)2)37-25-13-9-23(10-14-25)27(34)18-21(3)32/h5,7-14,17H,4,6,15-16,18H2,1-3H3,(H2,31,35)/b19-5-,20-17-,29-28?. The van der Waals surface area contributed by atoms with E-state index in [1.54, 1.807) is 48.5 Å². The third kappa shape index (κ3) is 8.14. The maximum atomic E-state index is 12.2. The first-order valence-electron chi connectivity index (χ1n) is 12.1. The molecule has 0 saturated heterocycles. The van der Waals surface area contributed by atoms with Gasteiger partial charge in [-0.3, -0.25) is 19.2 Å². The van der Waals surface area contributed by atoms with Crippen molar-refractivity contribution in [1.29, 1.82) is 0 Å². The Bertz CT molecular complexity index is 1280. The number of nitrogens with two attached hydrogens (primary N) is 1. The first-order chi connectivity index (χ1) is 17.6. The summed E-state index contributed by atoms with van der Waals surface area (Å²) in [5.41, 5.74) is 8.22. The number of allylic oxidation sites excluding steroid dienone is 5. The third-order valence-electron chi connectivity index (χ3n) is 5.90. The zero-order chi connectivity index (χ0) is 26.9. The molecule has 2 aromatic carbocycles. The number of ether oxygens (including phenoxy) is 2. The predicted molar refractivity (Wildman–Crippen MR) is 140 cm³/mol. The van der Waals surface area contributed by atoms with E-state index in [-0.39, 0.29) is 36.6 Å². The van der Waals surface area contributed by atoms with Crippen LogP contribution in [0.25, 0.3) is 0 Å². The number of ketones is 3. The van der Waals surface area contributed by atoms with Crippen LogP contribution in [0.15, 0.2) is 83.3 Å². The van der Waals surface area contributed by atoms with Crippen LogP contribution in [0.3, 0.4) is 0 Å². The summed E-state index contributed by atoms with van der Waals surface area (Å²) in [4.78, 5) is 46.6. The molecule has 1 aliphatic rings. The number of carbonyl (C=O) groups excluding carboxylic acids is 4. The van der Waals surface area contributed by atoms with Gasteiger partial charge in [0.25, 0.3) is 0 Å². The van der Waals surface area contributed by atoms with Gasteiger partial charge in [-0.05, 0) is 87.4 Å². The Labute approximate surface area is 216 Å². The summed E-state index contributed by atoms with van der Waals surface area (Å²) in [6.07, 6.45) is 5.33. The minimum absolute atomic E-state index is 0.00908. The lowest BCUT2D eigenvalue weighted by Crippen LogP contribution is -2.12. The van der Waals surface area contributed by atoms with Crippen LogP contribution in [0, 0.1) is 0 Å². The predicted octanol–water partition coefficient (Wildman–Crippen LogP) is 5.65. The second kappa shape index (κ2) is 12.6. The van der Waals surface area contributed by atoms with Crippen LogP contribution in [-0.4, -0.2) is 23.3 Å². The Morgan fingerprint density at radius 3 is 1.92 bits per heavy atom. The van der Waals surface area contributed by atoms with Crippen molar-refractivity contribution in [3.63, 3.8) is 0 Å². The summed E-state index contributed by atoms with van der Waals surface area (Å²) in [5.74, 6) is 1.13. The highest BCUT2D eigenvalue weighted by molar-refractivity contribution is 6.07. The third-order valence-corrected chi connectivity index (χ3v) is 5.90. The topological polar surface area (TPSA) is 113 Å². The fourth-order valence-electron chi connectivity index (χ4n) is 3.68. The van der Waals surface area contributed by atoms with Crippen molar-refractivity contribution in [3.05, 3.63) is 94.5 Å². The SMILES string of the molecule is CC(=O)CC(=O)c1ccc(OC2=C(Oc3ccc(C(=O)CCC(N)=O)cc3)CC/C=C(C)\C(C)=C/2)cc1. The van der Waals surface area contributed by atoms with Crippen molar-refractivity contribution >= 4 is 23.3 Å². The van der Waals surface area contributed by atoms with Crippen molar-refractivity contribution in [2.75, 3.05) is 0 Å². The molecule has 0 saturated carbocycles. The van der Waals surface area contributed by atoms with Crippen LogP contribution in [0.1, 0.15) is 73.6 Å². The fourth-order valence-corrected chi connectivity index (χ4v) is 3.68. The molecule has 0 aliphatic heterocycles. The van der Waals surface area contributed by atoms with Crippen LogP contribution in [0.2, 0.25) is 0 Å². The van der Waals surface area contributed by atoms with Gasteiger partial charge in [-0.25, -0.2) is 0 Å². The van der Waals surface area contributed by atoms with E-state index in [1.165, 1.54) is 6.92 Å². The van der Waals surface area contributed by atoms with Crippen molar-refractivity contribution < 1.29 is 28.7 Å².